The molecule has 0 radical (unpaired) electrons. The Morgan fingerprint density at radius 1 is 1.07 bits per heavy atom. The van der Waals surface area contributed by atoms with Crippen LogP contribution in [0.15, 0.2) is 76.7 Å². The molecule has 0 bridgehead atoms. The van der Waals surface area contributed by atoms with Gasteiger partial charge in [0.1, 0.15) is 5.75 Å². The number of fused-ring (bicyclic) bond motifs is 1. The van der Waals surface area contributed by atoms with Crippen LogP contribution in [0.3, 0.4) is 0 Å². The van der Waals surface area contributed by atoms with Crippen LogP contribution < -0.4 is 15.7 Å². The highest BCUT2D eigenvalue weighted by Gasteiger charge is 2.16. The molecule has 0 aliphatic rings. The Balaban J connectivity index is 1.83. The summed E-state index contributed by atoms with van der Waals surface area (Å²) in [6.45, 7) is 0.268. The van der Waals surface area contributed by atoms with Gasteiger partial charge in [-0.3, -0.25) is 9.59 Å². The average molecular weight is 409 g/mol. The number of halogens is 1. The number of pyridine rings is 1. The zero-order valence-corrected chi connectivity index (χ0v) is 16.3. The second-order valence-corrected chi connectivity index (χ2v) is 7.00. The van der Waals surface area contributed by atoms with Crippen molar-refractivity contribution in [2.45, 2.75) is 6.54 Å². The summed E-state index contributed by atoms with van der Waals surface area (Å²) < 4.78 is 8.02. The molecule has 0 aliphatic carbocycles. The van der Waals surface area contributed by atoms with Crippen molar-refractivity contribution in [1.29, 1.82) is 0 Å². The van der Waals surface area contributed by atoms with Crippen LogP contribution in [-0.2, 0) is 6.54 Å². The average Bonchev–Trinajstić information content (AvgIpc) is 2.72. The molecular weight excluding hydrogens is 392 g/mol. The quantitative estimate of drug-likeness (QED) is 0.560. The van der Waals surface area contributed by atoms with Crippen molar-refractivity contribution >= 4 is 17.1 Å². The highest BCUT2D eigenvalue weighted by Crippen LogP contribution is 2.22. The van der Waals surface area contributed by atoms with Crippen LogP contribution in [0.25, 0.3) is 16.6 Å². The predicted octanol–water partition coefficient (Wildman–Crippen LogP) is 3.54. The van der Waals surface area contributed by atoms with Gasteiger partial charge < -0.3 is 18.8 Å². The lowest BCUT2D eigenvalue weighted by Crippen LogP contribution is -2.24. The maximum Gasteiger partial charge on any atom is 0.279 e. The number of aromatic nitrogens is 2. The van der Waals surface area contributed by atoms with Crippen LogP contribution in [-0.4, -0.2) is 21.2 Å². The number of benzene rings is 2. The maximum absolute atomic E-state index is 12.9. The predicted molar refractivity (Wildman–Crippen MR) is 112 cm³/mol. The molecule has 0 amide bonds. The van der Waals surface area contributed by atoms with E-state index in [9.17, 15) is 14.7 Å². The molecule has 0 unspecified atom stereocenters. The fourth-order valence-corrected chi connectivity index (χ4v) is 3.45. The normalized spacial score (nSPS) is 11.0. The maximum atomic E-state index is 12.9. The molecule has 0 fully saturated rings. The summed E-state index contributed by atoms with van der Waals surface area (Å²) in [5.74, 6) is 0.0755. The van der Waals surface area contributed by atoms with Gasteiger partial charge in [-0.25, -0.2) is 0 Å². The first-order valence-electron chi connectivity index (χ1n) is 8.84. The Morgan fingerprint density at radius 3 is 2.52 bits per heavy atom. The molecule has 0 aliphatic heterocycles. The summed E-state index contributed by atoms with van der Waals surface area (Å²) in [7, 11) is 1.56. The van der Waals surface area contributed by atoms with Gasteiger partial charge in [0.25, 0.3) is 5.56 Å². The standard InChI is InChI=1S/C22H17ClN2O4/c1-29-17-7-5-15(6-8-17)18-13-24-9-10-25(12-14-3-2-4-16(23)11-14)22(28)19(24)21(27)20(18)26/h2-11,13,27H,12H2,1H3. The Morgan fingerprint density at radius 2 is 1.83 bits per heavy atom. The molecule has 29 heavy (non-hydrogen) atoms. The third-order valence-corrected chi connectivity index (χ3v) is 4.96. The van der Waals surface area contributed by atoms with Gasteiger partial charge in [0.15, 0.2) is 11.3 Å². The summed E-state index contributed by atoms with van der Waals surface area (Å²) in [5.41, 5.74) is 0.590. The van der Waals surface area contributed by atoms with Crippen molar-refractivity contribution in [2.75, 3.05) is 7.11 Å². The van der Waals surface area contributed by atoms with E-state index in [2.05, 4.69) is 0 Å². The van der Waals surface area contributed by atoms with Crippen LogP contribution in [0.1, 0.15) is 5.56 Å². The second-order valence-electron chi connectivity index (χ2n) is 6.57. The van der Waals surface area contributed by atoms with Crippen LogP contribution >= 0.6 is 11.6 Å². The van der Waals surface area contributed by atoms with Crippen LogP contribution in [0.4, 0.5) is 0 Å². The number of ether oxygens (including phenoxy) is 1. The first-order valence-corrected chi connectivity index (χ1v) is 9.22. The molecule has 0 saturated carbocycles. The minimum atomic E-state index is -0.604. The molecule has 2 heterocycles. The summed E-state index contributed by atoms with van der Waals surface area (Å²) in [5, 5.41) is 11.1. The molecule has 146 valence electrons. The van der Waals surface area contributed by atoms with Crippen molar-refractivity contribution in [3.05, 3.63) is 98.3 Å². The highest BCUT2D eigenvalue weighted by molar-refractivity contribution is 6.30. The lowest BCUT2D eigenvalue weighted by atomic mass is 10.1. The smallest absolute Gasteiger partial charge is 0.279 e. The van der Waals surface area contributed by atoms with E-state index in [0.29, 0.717) is 16.3 Å². The van der Waals surface area contributed by atoms with Crippen molar-refractivity contribution < 1.29 is 9.84 Å². The number of hydrogen-bond donors (Lipinski definition) is 1. The van der Waals surface area contributed by atoms with Gasteiger partial charge in [-0.05, 0) is 35.4 Å². The molecule has 0 atom stereocenters. The number of methoxy groups -OCH3 is 1. The van der Waals surface area contributed by atoms with Gasteiger partial charge in [-0.1, -0.05) is 35.9 Å². The zero-order chi connectivity index (χ0) is 20.5. The molecule has 2 aromatic carbocycles. The van der Waals surface area contributed by atoms with Gasteiger partial charge >= 0.3 is 0 Å². The van der Waals surface area contributed by atoms with Gasteiger partial charge in [0, 0.05) is 29.2 Å². The second kappa shape index (κ2) is 7.48. The molecule has 6 nitrogen and oxygen atoms in total. The van der Waals surface area contributed by atoms with Crippen molar-refractivity contribution in [3.8, 4) is 22.6 Å². The summed E-state index contributed by atoms with van der Waals surface area (Å²) in [4.78, 5) is 25.7. The van der Waals surface area contributed by atoms with E-state index >= 15 is 0 Å². The van der Waals surface area contributed by atoms with Crippen molar-refractivity contribution in [1.82, 2.24) is 8.97 Å². The van der Waals surface area contributed by atoms with Gasteiger partial charge in [-0.2, -0.15) is 0 Å². The lowest BCUT2D eigenvalue weighted by molar-refractivity contribution is 0.415. The van der Waals surface area contributed by atoms with Gasteiger partial charge in [0.2, 0.25) is 5.43 Å². The molecular formula is C22H17ClN2O4. The lowest BCUT2D eigenvalue weighted by Gasteiger charge is -2.11. The molecule has 0 spiro atoms. The van der Waals surface area contributed by atoms with E-state index in [0.717, 1.165) is 5.56 Å². The number of hydrogen-bond acceptors (Lipinski definition) is 4. The monoisotopic (exact) mass is 408 g/mol. The molecule has 1 N–H and O–H groups in total. The van der Waals surface area contributed by atoms with Crippen molar-refractivity contribution in [2.24, 2.45) is 0 Å². The van der Waals surface area contributed by atoms with E-state index < -0.39 is 16.7 Å². The molecule has 4 rings (SSSR count). The highest BCUT2D eigenvalue weighted by atomic mass is 35.5. The minimum Gasteiger partial charge on any atom is -0.503 e. The SMILES string of the molecule is COc1ccc(-c2cn3ccn(Cc4cccc(Cl)c4)c(=O)c3c(O)c2=O)cc1. The van der Waals surface area contributed by atoms with Gasteiger partial charge in [-0.15, -0.1) is 0 Å². The summed E-state index contributed by atoms with van der Waals surface area (Å²) in [6.07, 6.45) is 4.79. The van der Waals surface area contributed by atoms with E-state index in [4.69, 9.17) is 16.3 Å². The Labute approximate surface area is 170 Å². The minimum absolute atomic E-state index is 0.0724. The van der Waals surface area contributed by atoms with E-state index in [1.165, 1.54) is 8.97 Å². The first kappa shape index (κ1) is 18.8. The largest absolute Gasteiger partial charge is 0.503 e. The van der Waals surface area contributed by atoms with Crippen LogP contribution in [0.2, 0.25) is 5.02 Å². The summed E-state index contributed by atoms with van der Waals surface area (Å²) >= 11 is 6.01. The van der Waals surface area contributed by atoms with Crippen LogP contribution in [0, 0.1) is 0 Å². The summed E-state index contributed by atoms with van der Waals surface area (Å²) in [6, 6.07) is 14.1. The van der Waals surface area contributed by atoms with Crippen molar-refractivity contribution in [3.63, 3.8) is 0 Å². The molecule has 2 aromatic heterocycles. The van der Waals surface area contributed by atoms with Gasteiger partial charge in [0.05, 0.1) is 13.7 Å². The van der Waals surface area contributed by atoms with E-state index in [1.807, 2.05) is 6.07 Å². The Kier molecular flexibility index (Phi) is 4.86. The fraction of sp³-hybridized carbons (Fsp3) is 0.0909. The first-order chi connectivity index (χ1) is 14.0. The topological polar surface area (TPSA) is 72.9 Å². The van der Waals surface area contributed by atoms with Crippen LogP contribution in [0.5, 0.6) is 11.5 Å². The number of nitrogens with zero attached hydrogens (tertiary/aromatic N) is 2. The number of aromatic hydroxyl groups is 1. The molecule has 0 saturated heterocycles. The molecule has 7 heteroatoms. The third-order valence-electron chi connectivity index (χ3n) is 4.72. The third kappa shape index (κ3) is 3.50. The Hall–Kier alpha value is -3.51. The fourth-order valence-electron chi connectivity index (χ4n) is 3.24. The Bertz CT molecular complexity index is 1320. The zero-order valence-electron chi connectivity index (χ0n) is 15.5. The van der Waals surface area contributed by atoms with E-state index in [1.54, 1.807) is 68.2 Å². The number of rotatable bonds is 4. The molecule has 4 aromatic rings. The van der Waals surface area contributed by atoms with E-state index in [-0.39, 0.29) is 17.6 Å².